The Morgan fingerprint density at radius 3 is 1.52 bits per heavy atom. The molecule has 2 heterocycles. The molecule has 0 N–H and O–H groups in total. The molecular weight excluding hydrogens is 527 g/mol. The van der Waals surface area contributed by atoms with Gasteiger partial charge in [-0.05, 0) is 55.9 Å². The van der Waals surface area contributed by atoms with Gasteiger partial charge in [-0.1, -0.05) is 121 Å². The highest BCUT2D eigenvalue weighted by molar-refractivity contribution is 7.28. The second kappa shape index (κ2) is 8.19. The van der Waals surface area contributed by atoms with Gasteiger partial charge in [0.2, 0.25) is 0 Å². The highest BCUT2D eigenvalue weighted by Crippen LogP contribution is 2.51. The number of hydrogen-bond donors (Lipinski definition) is 0. The first-order valence-electron chi connectivity index (χ1n) is 14.5. The van der Waals surface area contributed by atoms with Crippen LogP contribution in [-0.2, 0) is 0 Å². The minimum Gasteiger partial charge on any atom is -0.308 e. The second-order valence-electron chi connectivity index (χ2n) is 11.2. The van der Waals surface area contributed by atoms with E-state index < -0.39 is 0 Å². The van der Waals surface area contributed by atoms with Crippen molar-refractivity contribution in [2.75, 3.05) is 0 Å². The van der Waals surface area contributed by atoms with E-state index >= 15 is 0 Å². The lowest BCUT2D eigenvalue weighted by Crippen LogP contribution is -1.92. The number of aromatic nitrogens is 1. The molecule has 0 spiro atoms. The third-order valence-electron chi connectivity index (χ3n) is 9.13. The number of nitrogens with zero attached hydrogens (tertiary/aromatic N) is 1. The van der Waals surface area contributed by atoms with E-state index in [1.165, 1.54) is 90.8 Å². The zero-order valence-electron chi connectivity index (χ0n) is 22.6. The van der Waals surface area contributed by atoms with E-state index in [2.05, 4.69) is 144 Å². The van der Waals surface area contributed by atoms with Gasteiger partial charge in [-0.15, -0.1) is 11.3 Å². The lowest BCUT2D eigenvalue weighted by molar-refractivity contribution is 1.19. The summed E-state index contributed by atoms with van der Waals surface area (Å²) in [6.07, 6.45) is 0. The number of rotatable bonds is 1. The quantitative estimate of drug-likeness (QED) is 0.179. The van der Waals surface area contributed by atoms with E-state index in [4.69, 9.17) is 0 Å². The largest absolute Gasteiger partial charge is 0.308 e. The van der Waals surface area contributed by atoms with Crippen LogP contribution in [0.3, 0.4) is 0 Å². The molecular formula is C40H23NS. The van der Waals surface area contributed by atoms with Crippen molar-refractivity contribution in [3.63, 3.8) is 0 Å². The molecule has 0 aliphatic carbocycles. The standard InChI is InChI=1S/C40H23NS/c1-2-12-24(13-3-1)41-34-21-11-10-16-27(34)32-22-23-33-36-31-20-9-8-19-30(31)35-28-17-6-4-14-25(28)26-15-5-7-18-29(26)37(35)40(36)42-39(33)38(32)41/h1-23H. The second-order valence-corrected chi connectivity index (χ2v) is 12.2. The van der Waals surface area contributed by atoms with Gasteiger partial charge in [0.1, 0.15) is 0 Å². The summed E-state index contributed by atoms with van der Waals surface area (Å²) in [4.78, 5) is 0. The Morgan fingerprint density at radius 2 is 0.833 bits per heavy atom. The molecule has 10 rings (SSSR count). The van der Waals surface area contributed by atoms with Crippen LogP contribution < -0.4 is 0 Å². The molecule has 194 valence electrons. The van der Waals surface area contributed by atoms with E-state index in [9.17, 15) is 0 Å². The summed E-state index contributed by atoms with van der Waals surface area (Å²) >= 11 is 1.96. The van der Waals surface area contributed by atoms with Crippen LogP contribution in [0.2, 0.25) is 0 Å². The van der Waals surface area contributed by atoms with Crippen LogP contribution in [0.5, 0.6) is 0 Å². The Balaban J connectivity index is 1.54. The Kier molecular flexibility index (Phi) is 4.39. The average molecular weight is 550 g/mol. The fourth-order valence-corrected chi connectivity index (χ4v) is 8.89. The molecule has 8 aromatic carbocycles. The zero-order chi connectivity index (χ0) is 27.4. The molecule has 42 heavy (non-hydrogen) atoms. The predicted molar refractivity (Wildman–Crippen MR) is 184 cm³/mol. The first-order chi connectivity index (χ1) is 20.9. The van der Waals surface area contributed by atoms with Gasteiger partial charge in [-0.2, -0.15) is 0 Å². The van der Waals surface area contributed by atoms with E-state index in [0.717, 1.165) is 0 Å². The van der Waals surface area contributed by atoms with Crippen molar-refractivity contribution in [2.24, 2.45) is 0 Å². The van der Waals surface area contributed by atoms with Gasteiger partial charge in [0.05, 0.1) is 15.7 Å². The van der Waals surface area contributed by atoms with Gasteiger partial charge < -0.3 is 4.57 Å². The Hall–Kier alpha value is -5.18. The topological polar surface area (TPSA) is 4.93 Å². The van der Waals surface area contributed by atoms with Crippen LogP contribution in [0, 0.1) is 0 Å². The number of thiophene rings is 1. The molecule has 2 aromatic heterocycles. The molecule has 0 aliphatic heterocycles. The summed E-state index contributed by atoms with van der Waals surface area (Å²) in [5.41, 5.74) is 3.73. The van der Waals surface area contributed by atoms with Gasteiger partial charge in [0, 0.05) is 37.3 Å². The first kappa shape index (κ1) is 22.5. The summed E-state index contributed by atoms with van der Waals surface area (Å²) in [5, 5.41) is 16.0. The molecule has 0 radical (unpaired) electrons. The Bertz CT molecular complexity index is 2730. The fraction of sp³-hybridized carbons (Fsp3) is 0. The number of benzene rings is 8. The molecule has 0 fully saturated rings. The zero-order valence-corrected chi connectivity index (χ0v) is 23.5. The monoisotopic (exact) mass is 549 g/mol. The van der Waals surface area contributed by atoms with Crippen molar-refractivity contribution in [3.05, 3.63) is 140 Å². The third kappa shape index (κ3) is 2.77. The van der Waals surface area contributed by atoms with E-state index in [1.54, 1.807) is 0 Å². The number of fused-ring (bicyclic) bond motifs is 17. The summed E-state index contributed by atoms with van der Waals surface area (Å²) in [5.74, 6) is 0. The highest BCUT2D eigenvalue weighted by atomic mass is 32.1. The summed E-state index contributed by atoms with van der Waals surface area (Å²) in [6, 6.07) is 51.3. The van der Waals surface area contributed by atoms with Crippen molar-refractivity contribution in [1.29, 1.82) is 0 Å². The molecule has 0 aliphatic rings. The molecule has 2 heteroatoms. The van der Waals surface area contributed by atoms with Crippen molar-refractivity contribution in [2.45, 2.75) is 0 Å². The smallest absolute Gasteiger partial charge is 0.0719 e. The van der Waals surface area contributed by atoms with Crippen molar-refractivity contribution < 1.29 is 0 Å². The van der Waals surface area contributed by atoms with Gasteiger partial charge in [0.25, 0.3) is 0 Å². The Labute approximate surface area is 245 Å². The molecule has 0 saturated carbocycles. The number of para-hydroxylation sites is 2. The lowest BCUT2D eigenvalue weighted by Gasteiger charge is -2.14. The van der Waals surface area contributed by atoms with Crippen LogP contribution in [0.15, 0.2) is 140 Å². The van der Waals surface area contributed by atoms with Gasteiger partial charge >= 0.3 is 0 Å². The fourth-order valence-electron chi connectivity index (χ4n) is 7.47. The minimum atomic E-state index is 1.19. The predicted octanol–water partition coefficient (Wildman–Crippen LogP) is 11.8. The molecule has 0 amide bonds. The maximum atomic E-state index is 2.47. The van der Waals surface area contributed by atoms with Gasteiger partial charge in [-0.25, -0.2) is 0 Å². The Morgan fingerprint density at radius 1 is 0.333 bits per heavy atom. The van der Waals surface area contributed by atoms with Crippen LogP contribution >= 0.6 is 11.3 Å². The third-order valence-corrected chi connectivity index (χ3v) is 10.4. The van der Waals surface area contributed by atoms with Crippen LogP contribution in [0.25, 0.3) is 90.8 Å². The summed E-state index contributed by atoms with van der Waals surface area (Å²) < 4.78 is 5.19. The van der Waals surface area contributed by atoms with Crippen molar-refractivity contribution in [1.82, 2.24) is 4.57 Å². The molecule has 0 atom stereocenters. The first-order valence-corrected chi connectivity index (χ1v) is 15.3. The maximum absolute atomic E-state index is 2.47. The molecule has 0 saturated heterocycles. The van der Waals surface area contributed by atoms with E-state index in [0.29, 0.717) is 0 Å². The van der Waals surface area contributed by atoms with Crippen molar-refractivity contribution in [3.8, 4) is 5.69 Å². The molecule has 1 nitrogen and oxygen atoms in total. The lowest BCUT2D eigenvalue weighted by atomic mass is 9.89. The molecule has 0 bridgehead atoms. The number of hydrogen-bond acceptors (Lipinski definition) is 1. The normalized spacial score (nSPS) is 12.3. The summed E-state index contributed by atoms with van der Waals surface area (Å²) in [7, 11) is 0. The highest BCUT2D eigenvalue weighted by Gasteiger charge is 2.22. The molecule has 10 aromatic rings. The average Bonchev–Trinajstić information content (AvgIpc) is 3.61. The summed E-state index contributed by atoms with van der Waals surface area (Å²) in [6.45, 7) is 0. The van der Waals surface area contributed by atoms with Crippen LogP contribution in [0.1, 0.15) is 0 Å². The maximum Gasteiger partial charge on any atom is 0.0719 e. The van der Waals surface area contributed by atoms with Gasteiger partial charge in [0.15, 0.2) is 0 Å². The molecule has 0 unspecified atom stereocenters. The SMILES string of the molecule is c1ccc(-n2c3ccccc3c3ccc4c(sc5c4c4ccccc4c4c6ccccc6c6ccccc6c54)c32)cc1. The van der Waals surface area contributed by atoms with Gasteiger partial charge in [-0.3, -0.25) is 0 Å². The van der Waals surface area contributed by atoms with Crippen LogP contribution in [0.4, 0.5) is 0 Å². The van der Waals surface area contributed by atoms with Crippen molar-refractivity contribution >= 4 is 96.4 Å². The minimum absolute atomic E-state index is 1.19. The van der Waals surface area contributed by atoms with E-state index in [-0.39, 0.29) is 0 Å². The van der Waals surface area contributed by atoms with E-state index in [1.807, 2.05) is 11.3 Å². The van der Waals surface area contributed by atoms with Crippen LogP contribution in [-0.4, -0.2) is 4.57 Å².